The van der Waals surface area contributed by atoms with E-state index in [9.17, 15) is 0 Å². The van der Waals surface area contributed by atoms with Crippen molar-refractivity contribution >= 4 is 18.3 Å². The molecule has 4 aliphatic rings. The molecule has 3 heterocycles. The standard InChI is InChI=1S/C22H25N7/c1-29-14-18(13-26-29)17-9-20-19(25-12-17)7-8-22(27-20)28-21(24)10-16(11-23)15-5-3-2-4-6-15/h2-5,7-13,15,18,23,25,27H,6,14H2,1H3,(H2,24,28)/p+1. The molecule has 2 unspecified atom stereocenters. The van der Waals surface area contributed by atoms with Gasteiger partial charge in [-0.3, -0.25) is 10.4 Å². The van der Waals surface area contributed by atoms with Crippen LogP contribution in [0.3, 0.4) is 0 Å². The number of hydrogen-bond donors (Lipinski definition) is 4. The number of dihydropyridines is 2. The van der Waals surface area contributed by atoms with E-state index in [0.717, 1.165) is 29.9 Å². The molecule has 0 saturated carbocycles. The van der Waals surface area contributed by atoms with Crippen molar-refractivity contribution in [3.8, 4) is 0 Å². The first-order valence-electron chi connectivity index (χ1n) is 9.69. The quantitative estimate of drug-likeness (QED) is 0.406. The number of fused-ring (bicyclic) bond motifs is 1. The average molecular weight is 388 g/mol. The topological polar surface area (TPSA) is 104 Å². The van der Waals surface area contributed by atoms with E-state index in [4.69, 9.17) is 11.1 Å². The zero-order valence-corrected chi connectivity index (χ0v) is 16.4. The van der Waals surface area contributed by atoms with Gasteiger partial charge >= 0.3 is 0 Å². The number of hydrogen-bond acceptors (Lipinski definition) is 5. The van der Waals surface area contributed by atoms with Gasteiger partial charge in [-0.1, -0.05) is 24.3 Å². The minimum absolute atomic E-state index is 0.225. The predicted octanol–water partition coefficient (Wildman–Crippen LogP) is 0.479. The van der Waals surface area contributed by atoms with E-state index in [0.29, 0.717) is 11.7 Å². The molecule has 148 valence electrons. The number of aliphatic imine (C=N–C) groups is 1. The van der Waals surface area contributed by atoms with E-state index in [1.54, 1.807) is 6.21 Å². The molecule has 1 aliphatic carbocycles. The highest BCUT2D eigenvalue weighted by atomic mass is 15.4. The van der Waals surface area contributed by atoms with Crippen LogP contribution >= 0.6 is 0 Å². The predicted molar refractivity (Wildman–Crippen MR) is 117 cm³/mol. The van der Waals surface area contributed by atoms with Gasteiger partial charge in [0, 0.05) is 43.4 Å². The Morgan fingerprint density at radius 3 is 2.97 bits per heavy atom. The van der Waals surface area contributed by atoms with Gasteiger partial charge in [0.2, 0.25) is 0 Å². The molecule has 4 rings (SSSR count). The Labute approximate surface area is 170 Å². The third-order valence-electron chi connectivity index (χ3n) is 5.16. The molecule has 7 nitrogen and oxygen atoms in total. The fraction of sp³-hybridized carbons (Fsp3) is 0.227. The van der Waals surface area contributed by atoms with Gasteiger partial charge in [0.1, 0.15) is 11.7 Å². The lowest BCUT2D eigenvalue weighted by Crippen LogP contribution is -2.33. The minimum atomic E-state index is 0.225. The smallest absolute Gasteiger partial charge is 0.164 e. The number of amidine groups is 1. The van der Waals surface area contributed by atoms with E-state index in [1.165, 1.54) is 5.57 Å². The maximum atomic E-state index is 6.18. The molecule has 0 bridgehead atoms. The monoisotopic (exact) mass is 388 g/mol. The van der Waals surface area contributed by atoms with Crippen LogP contribution in [0.1, 0.15) is 6.42 Å². The van der Waals surface area contributed by atoms with Crippen molar-refractivity contribution in [3.63, 3.8) is 0 Å². The summed E-state index contributed by atoms with van der Waals surface area (Å²) in [4.78, 5) is 4.53. The van der Waals surface area contributed by atoms with Crippen molar-refractivity contribution in [1.29, 1.82) is 0 Å². The molecular formula is C22H26N7+. The third-order valence-corrected chi connectivity index (χ3v) is 5.16. The van der Waals surface area contributed by atoms with Crippen LogP contribution in [0.15, 0.2) is 93.3 Å². The Balaban J connectivity index is 1.48. The summed E-state index contributed by atoms with van der Waals surface area (Å²) in [5.74, 6) is 1.59. The summed E-state index contributed by atoms with van der Waals surface area (Å²) in [5, 5.41) is 18.8. The van der Waals surface area contributed by atoms with Crippen LogP contribution in [0.5, 0.6) is 0 Å². The van der Waals surface area contributed by atoms with Gasteiger partial charge in [0.05, 0.1) is 11.4 Å². The van der Waals surface area contributed by atoms with Crippen LogP contribution < -0.4 is 21.8 Å². The second-order valence-electron chi connectivity index (χ2n) is 7.32. The van der Waals surface area contributed by atoms with Gasteiger partial charge in [-0.25, -0.2) is 4.99 Å². The molecule has 7 heteroatoms. The van der Waals surface area contributed by atoms with Crippen molar-refractivity contribution in [1.82, 2.24) is 15.6 Å². The molecule has 2 atom stereocenters. The van der Waals surface area contributed by atoms with Crippen molar-refractivity contribution < 1.29 is 5.41 Å². The zero-order chi connectivity index (χ0) is 20.2. The maximum Gasteiger partial charge on any atom is 0.164 e. The summed E-state index contributed by atoms with van der Waals surface area (Å²) >= 11 is 0. The molecule has 0 aromatic rings. The Bertz CT molecular complexity index is 969. The van der Waals surface area contributed by atoms with E-state index < -0.39 is 0 Å². The van der Waals surface area contributed by atoms with Crippen molar-refractivity contribution in [3.05, 3.63) is 83.2 Å². The fourth-order valence-electron chi connectivity index (χ4n) is 3.60. The highest BCUT2D eigenvalue weighted by Crippen LogP contribution is 2.25. The molecule has 0 saturated heterocycles. The summed E-state index contributed by atoms with van der Waals surface area (Å²) < 4.78 is 0. The molecule has 6 N–H and O–H groups in total. The van der Waals surface area contributed by atoms with Gasteiger partial charge in [-0.15, -0.1) is 0 Å². The summed E-state index contributed by atoms with van der Waals surface area (Å²) in [6.07, 6.45) is 22.7. The van der Waals surface area contributed by atoms with Crippen LogP contribution in [0.4, 0.5) is 0 Å². The first-order valence-corrected chi connectivity index (χ1v) is 9.69. The Kier molecular flexibility index (Phi) is 5.29. The van der Waals surface area contributed by atoms with Gasteiger partial charge in [0.15, 0.2) is 6.21 Å². The highest BCUT2D eigenvalue weighted by molar-refractivity contribution is 5.97. The second kappa shape index (κ2) is 8.18. The number of hydrazone groups is 1. The van der Waals surface area contributed by atoms with Crippen LogP contribution in [0, 0.1) is 11.8 Å². The Hall–Kier alpha value is -3.61. The maximum absolute atomic E-state index is 6.18. The van der Waals surface area contributed by atoms with Crippen molar-refractivity contribution in [2.45, 2.75) is 6.42 Å². The fourth-order valence-corrected chi connectivity index (χ4v) is 3.60. The van der Waals surface area contributed by atoms with Crippen LogP contribution in [-0.4, -0.2) is 36.9 Å². The largest absolute Gasteiger partial charge is 0.384 e. The number of nitrogens with one attached hydrogen (secondary N) is 2. The Morgan fingerprint density at radius 1 is 1.34 bits per heavy atom. The van der Waals surface area contributed by atoms with Crippen LogP contribution in [-0.2, 0) is 0 Å². The number of nitrogens with zero attached hydrogens (tertiary/aromatic N) is 3. The molecule has 0 fully saturated rings. The first-order chi connectivity index (χ1) is 14.1. The SMILES string of the molecule is CN1CC(C2=CNC3=CC=C(N=C(N)C=C(C=[NH2+])C4C=CC=CC4)NC3=C2)C=N1. The summed E-state index contributed by atoms with van der Waals surface area (Å²) in [6, 6.07) is 0. The minimum Gasteiger partial charge on any atom is -0.384 e. The average Bonchev–Trinajstić information content (AvgIpc) is 3.18. The van der Waals surface area contributed by atoms with E-state index in [-0.39, 0.29) is 11.8 Å². The van der Waals surface area contributed by atoms with Crippen LogP contribution in [0.25, 0.3) is 0 Å². The molecule has 0 radical (unpaired) electrons. The van der Waals surface area contributed by atoms with Gasteiger partial charge in [0.25, 0.3) is 0 Å². The lowest BCUT2D eigenvalue weighted by atomic mass is 9.92. The van der Waals surface area contributed by atoms with Crippen LogP contribution in [0.2, 0.25) is 0 Å². The second-order valence-corrected chi connectivity index (χ2v) is 7.32. The molecule has 0 amide bonds. The number of rotatable bonds is 5. The van der Waals surface area contributed by atoms with E-state index >= 15 is 0 Å². The van der Waals surface area contributed by atoms with E-state index in [1.807, 2.05) is 54.9 Å². The first kappa shape index (κ1) is 18.7. The number of nitrogens with two attached hydrogens (primary N) is 2. The highest BCUT2D eigenvalue weighted by Gasteiger charge is 2.22. The van der Waals surface area contributed by atoms with Gasteiger partial charge in [-0.2, -0.15) is 5.10 Å². The normalized spacial score (nSPS) is 26.0. The van der Waals surface area contributed by atoms with Gasteiger partial charge < -0.3 is 16.4 Å². The molecule has 0 aromatic heterocycles. The molecule has 0 spiro atoms. The lowest BCUT2D eigenvalue weighted by molar-refractivity contribution is -0.105. The molecule has 3 aliphatic heterocycles. The summed E-state index contributed by atoms with van der Waals surface area (Å²) in [7, 11) is 1.98. The van der Waals surface area contributed by atoms with E-state index in [2.05, 4.69) is 39.0 Å². The molecular weight excluding hydrogens is 362 g/mol. The Morgan fingerprint density at radius 2 is 2.24 bits per heavy atom. The van der Waals surface area contributed by atoms with Crippen molar-refractivity contribution in [2.24, 2.45) is 27.7 Å². The zero-order valence-electron chi connectivity index (χ0n) is 16.4. The third kappa shape index (κ3) is 4.29. The molecule has 29 heavy (non-hydrogen) atoms. The summed E-state index contributed by atoms with van der Waals surface area (Å²) in [5.41, 5.74) is 10.3. The molecule has 0 aromatic carbocycles. The lowest BCUT2D eigenvalue weighted by Gasteiger charge is -2.24. The summed E-state index contributed by atoms with van der Waals surface area (Å²) in [6.45, 7) is 0.873. The number of allylic oxidation sites excluding steroid dienone is 8. The van der Waals surface area contributed by atoms with Gasteiger partial charge in [-0.05, 0) is 36.3 Å². The van der Waals surface area contributed by atoms with Crippen molar-refractivity contribution in [2.75, 3.05) is 13.6 Å².